The molecule has 138 valence electrons. The van der Waals surface area contributed by atoms with Crippen LogP contribution in [0.5, 0.6) is 11.6 Å². The van der Waals surface area contributed by atoms with Gasteiger partial charge in [0.05, 0.1) is 13.3 Å². The average Bonchev–Trinajstić information content (AvgIpc) is 3.04. The number of hydrogen-bond acceptors (Lipinski definition) is 7. The summed E-state index contributed by atoms with van der Waals surface area (Å²) in [5.41, 5.74) is 0. The number of nitrogens with one attached hydrogen (secondary N) is 1. The van der Waals surface area contributed by atoms with E-state index < -0.39 is 16.7 Å². The predicted octanol–water partition coefficient (Wildman–Crippen LogP) is 3.61. The molecule has 7 nitrogen and oxygen atoms in total. The van der Waals surface area contributed by atoms with Crippen LogP contribution in [0.2, 0.25) is 0 Å². The van der Waals surface area contributed by atoms with Crippen LogP contribution in [0.4, 0.5) is 10.3 Å². The van der Waals surface area contributed by atoms with Crippen molar-refractivity contribution in [2.75, 3.05) is 25.1 Å². The lowest BCUT2D eigenvalue weighted by molar-refractivity contribution is 0.256. The number of halogens is 2. The first-order valence-electron chi connectivity index (χ1n) is 7.24. The van der Waals surface area contributed by atoms with Crippen LogP contribution in [0.15, 0.2) is 39.1 Å². The molecule has 3 aromatic rings. The van der Waals surface area contributed by atoms with Crippen molar-refractivity contribution in [2.45, 2.75) is 4.90 Å². The third kappa shape index (κ3) is 3.89. The lowest BCUT2D eigenvalue weighted by Crippen LogP contribution is -2.15. The van der Waals surface area contributed by atoms with Crippen molar-refractivity contribution >= 4 is 53.3 Å². The maximum atomic E-state index is 12.7. The number of methoxy groups -OCH3 is 1. The number of ether oxygens (including phenoxy) is 2. The molecular formula is C15H13BrFN3O4S2. The van der Waals surface area contributed by atoms with Gasteiger partial charge in [-0.3, -0.25) is 0 Å². The second-order valence-electron chi connectivity index (χ2n) is 4.95. The Morgan fingerprint density at radius 2 is 2.19 bits per heavy atom. The molecule has 0 bridgehead atoms. The van der Waals surface area contributed by atoms with Gasteiger partial charge in [0.15, 0.2) is 5.75 Å². The van der Waals surface area contributed by atoms with Crippen LogP contribution in [0.25, 0.3) is 10.1 Å². The average molecular weight is 462 g/mol. The summed E-state index contributed by atoms with van der Waals surface area (Å²) in [6, 6.07) is 5.33. The predicted molar refractivity (Wildman–Crippen MR) is 100 cm³/mol. The molecule has 3 rings (SSSR count). The Morgan fingerprint density at radius 1 is 1.38 bits per heavy atom. The number of aromatic nitrogens is 2. The van der Waals surface area contributed by atoms with Crippen LogP contribution in [0, 0.1) is 0 Å². The minimum absolute atomic E-state index is 0.00487. The standard InChI is InChI=1S/C15H13BrFN3O4S2/c1-23-14-11(24-5-4-17)7-18-15(19-14)20-26(21,22)13-8-25-12-6-9(16)2-3-10(12)13/h2-3,6-8H,4-5H2,1H3,(H,18,19,20). The second-order valence-corrected chi connectivity index (χ2v) is 8.43. The summed E-state index contributed by atoms with van der Waals surface area (Å²) in [4.78, 5) is 7.98. The molecule has 0 radical (unpaired) electrons. The monoisotopic (exact) mass is 461 g/mol. The fourth-order valence-corrected chi connectivity index (χ4v) is 5.16. The zero-order chi connectivity index (χ0) is 18.7. The summed E-state index contributed by atoms with van der Waals surface area (Å²) < 4.78 is 51.8. The van der Waals surface area contributed by atoms with E-state index in [0.717, 1.165) is 9.17 Å². The summed E-state index contributed by atoms with van der Waals surface area (Å²) >= 11 is 4.67. The molecule has 2 aromatic heterocycles. The molecule has 0 aliphatic heterocycles. The van der Waals surface area contributed by atoms with E-state index in [4.69, 9.17) is 9.47 Å². The van der Waals surface area contributed by atoms with E-state index in [-0.39, 0.29) is 29.1 Å². The molecule has 0 amide bonds. The lowest BCUT2D eigenvalue weighted by atomic mass is 10.3. The molecule has 1 N–H and O–H groups in total. The summed E-state index contributed by atoms with van der Waals surface area (Å²) in [6.45, 7) is -0.861. The molecule has 2 heterocycles. The molecule has 0 unspecified atom stereocenters. The van der Waals surface area contributed by atoms with E-state index in [1.807, 2.05) is 6.07 Å². The first kappa shape index (κ1) is 18.8. The van der Waals surface area contributed by atoms with Gasteiger partial charge < -0.3 is 9.47 Å². The summed E-state index contributed by atoms with van der Waals surface area (Å²) in [5, 5.41) is 2.15. The fourth-order valence-electron chi connectivity index (χ4n) is 2.16. The number of rotatable bonds is 7. The number of hydrogen-bond donors (Lipinski definition) is 1. The number of nitrogens with zero attached hydrogens (tertiary/aromatic N) is 2. The van der Waals surface area contributed by atoms with Crippen LogP contribution in [-0.4, -0.2) is 38.8 Å². The summed E-state index contributed by atoms with van der Waals surface area (Å²) in [6.07, 6.45) is 1.22. The van der Waals surface area contributed by atoms with Crippen molar-refractivity contribution in [3.8, 4) is 11.6 Å². The van der Waals surface area contributed by atoms with Crippen LogP contribution in [0.1, 0.15) is 0 Å². The number of fused-ring (bicyclic) bond motifs is 1. The Bertz CT molecular complexity index is 1040. The van der Waals surface area contributed by atoms with Crippen molar-refractivity contribution in [2.24, 2.45) is 0 Å². The SMILES string of the molecule is COc1nc(NS(=O)(=O)c2csc3cc(Br)ccc23)ncc1OCCF. The zero-order valence-corrected chi connectivity index (χ0v) is 16.6. The maximum Gasteiger partial charge on any atom is 0.265 e. The zero-order valence-electron chi connectivity index (χ0n) is 13.4. The molecule has 0 atom stereocenters. The topological polar surface area (TPSA) is 90.4 Å². The van der Waals surface area contributed by atoms with Gasteiger partial charge in [0.1, 0.15) is 18.2 Å². The summed E-state index contributed by atoms with van der Waals surface area (Å²) in [5.74, 6) is -0.0462. The number of benzene rings is 1. The fraction of sp³-hybridized carbons (Fsp3) is 0.200. The van der Waals surface area contributed by atoms with Crippen molar-refractivity contribution in [1.82, 2.24) is 9.97 Å². The molecule has 1 aromatic carbocycles. The number of thiophene rings is 1. The molecule has 11 heteroatoms. The Balaban J connectivity index is 1.91. The highest BCUT2D eigenvalue weighted by Crippen LogP contribution is 2.33. The second kappa shape index (κ2) is 7.72. The van der Waals surface area contributed by atoms with E-state index >= 15 is 0 Å². The largest absolute Gasteiger partial charge is 0.484 e. The highest BCUT2D eigenvalue weighted by molar-refractivity contribution is 9.10. The minimum atomic E-state index is -3.90. The molecule has 0 aliphatic rings. The first-order chi connectivity index (χ1) is 12.4. The Morgan fingerprint density at radius 3 is 2.92 bits per heavy atom. The summed E-state index contributed by atoms with van der Waals surface area (Å²) in [7, 11) is -2.56. The molecule has 0 aliphatic carbocycles. The highest BCUT2D eigenvalue weighted by atomic mass is 79.9. The maximum absolute atomic E-state index is 12.7. The molecular weight excluding hydrogens is 449 g/mol. The van der Waals surface area contributed by atoms with Crippen LogP contribution in [-0.2, 0) is 10.0 Å². The highest BCUT2D eigenvalue weighted by Gasteiger charge is 2.21. The molecule has 0 fully saturated rings. The third-order valence-corrected chi connectivity index (χ3v) is 6.22. The van der Waals surface area contributed by atoms with Gasteiger partial charge in [0, 0.05) is 19.9 Å². The van der Waals surface area contributed by atoms with Crippen molar-refractivity contribution in [3.05, 3.63) is 34.2 Å². The Hall–Kier alpha value is -1.98. The van der Waals surface area contributed by atoms with Crippen LogP contribution < -0.4 is 14.2 Å². The number of anilines is 1. The van der Waals surface area contributed by atoms with Crippen LogP contribution in [0.3, 0.4) is 0 Å². The van der Waals surface area contributed by atoms with Gasteiger partial charge in [-0.25, -0.2) is 22.5 Å². The van der Waals surface area contributed by atoms with Crippen molar-refractivity contribution in [1.29, 1.82) is 0 Å². The van der Waals surface area contributed by atoms with Crippen LogP contribution >= 0.6 is 27.3 Å². The van der Waals surface area contributed by atoms with Gasteiger partial charge in [0.2, 0.25) is 5.95 Å². The normalized spacial score (nSPS) is 11.5. The van der Waals surface area contributed by atoms with Gasteiger partial charge in [-0.05, 0) is 12.1 Å². The molecule has 0 saturated heterocycles. The smallest absolute Gasteiger partial charge is 0.265 e. The van der Waals surface area contributed by atoms with E-state index in [1.165, 1.54) is 24.6 Å². The quantitative estimate of drug-likeness (QED) is 0.577. The Labute approximate surface area is 161 Å². The first-order valence-corrected chi connectivity index (χ1v) is 10.4. The van der Waals surface area contributed by atoms with E-state index in [0.29, 0.717) is 5.39 Å². The number of alkyl halides is 1. The van der Waals surface area contributed by atoms with Crippen molar-refractivity contribution < 1.29 is 22.3 Å². The molecule has 26 heavy (non-hydrogen) atoms. The Kier molecular flexibility index (Phi) is 5.58. The van der Waals surface area contributed by atoms with E-state index in [9.17, 15) is 12.8 Å². The minimum Gasteiger partial charge on any atom is -0.484 e. The van der Waals surface area contributed by atoms with Crippen molar-refractivity contribution in [3.63, 3.8) is 0 Å². The van der Waals surface area contributed by atoms with Gasteiger partial charge in [-0.2, -0.15) is 4.98 Å². The molecule has 0 spiro atoms. The lowest BCUT2D eigenvalue weighted by Gasteiger charge is -2.10. The van der Waals surface area contributed by atoms with Gasteiger partial charge in [0.25, 0.3) is 15.9 Å². The van der Waals surface area contributed by atoms with Gasteiger partial charge in [-0.15, -0.1) is 11.3 Å². The van der Waals surface area contributed by atoms with Gasteiger partial charge >= 0.3 is 0 Å². The van der Waals surface area contributed by atoms with E-state index in [2.05, 4.69) is 30.6 Å². The third-order valence-electron chi connectivity index (χ3n) is 3.27. The molecule has 0 saturated carbocycles. The number of sulfonamides is 1. The van der Waals surface area contributed by atoms with Gasteiger partial charge in [-0.1, -0.05) is 22.0 Å². The van der Waals surface area contributed by atoms with E-state index in [1.54, 1.807) is 17.5 Å².